The Morgan fingerprint density at radius 1 is 1.32 bits per heavy atom. The third-order valence-electron chi connectivity index (χ3n) is 2.53. The first-order valence-electron chi connectivity index (χ1n) is 5.01. The number of nitrogens with zero attached hydrogens (tertiary/aromatic N) is 4. The van der Waals surface area contributed by atoms with Gasteiger partial charge in [-0.2, -0.15) is 13.8 Å². The van der Waals surface area contributed by atoms with Crippen LogP contribution in [0.4, 0.5) is 11.4 Å². The van der Waals surface area contributed by atoms with Crippen LogP contribution in [-0.4, -0.2) is 19.9 Å². The highest BCUT2D eigenvalue weighted by molar-refractivity contribution is 7.71. The summed E-state index contributed by atoms with van der Waals surface area (Å²) < 4.78 is 10.1. The van der Waals surface area contributed by atoms with Gasteiger partial charge in [-0.15, -0.1) is 0 Å². The number of rotatable bonds is 2. The van der Waals surface area contributed by atoms with E-state index >= 15 is 0 Å². The van der Waals surface area contributed by atoms with Crippen molar-refractivity contribution in [2.45, 2.75) is 6.61 Å². The number of hydrogen-bond acceptors (Lipinski definition) is 5. The number of fused-ring (bicyclic) bond motifs is 1. The van der Waals surface area contributed by atoms with E-state index in [4.69, 9.17) is 35.4 Å². The summed E-state index contributed by atoms with van der Waals surface area (Å²) in [6.45, 7) is -0.287. The quantitative estimate of drug-likeness (QED) is 0.705. The zero-order valence-electron chi connectivity index (χ0n) is 9.09. The largest absolute Gasteiger partial charge is 0.388 e. The van der Waals surface area contributed by atoms with Gasteiger partial charge in [0.15, 0.2) is 10.6 Å². The van der Waals surface area contributed by atoms with Crippen molar-refractivity contribution < 1.29 is 5.11 Å². The van der Waals surface area contributed by atoms with Gasteiger partial charge < -0.3 is 5.11 Å². The summed E-state index contributed by atoms with van der Waals surface area (Å²) >= 11 is 18.5. The average Bonchev–Trinajstić information content (AvgIpc) is 2.98. The number of benzene rings is 1. The summed E-state index contributed by atoms with van der Waals surface area (Å²) in [6, 6.07) is 1.57. The van der Waals surface area contributed by atoms with Crippen molar-refractivity contribution >= 4 is 58.1 Å². The molecule has 0 unspecified atom stereocenters. The molecule has 2 aromatic rings. The number of nitrogens with one attached hydrogen (secondary N) is 1. The van der Waals surface area contributed by atoms with E-state index in [9.17, 15) is 5.11 Å². The number of aliphatic hydroxyl groups is 1. The first-order valence-corrected chi connectivity index (χ1v) is 6.90. The van der Waals surface area contributed by atoms with Crippen molar-refractivity contribution in [3.8, 4) is 5.69 Å². The molecule has 19 heavy (non-hydrogen) atoms. The van der Waals surface area contributed by atoms with Crippen LogP contribution < -0.4 is 0 Å². The van der Waals surface area contributed by atoms with Gasteiger partial charge in [0.25, 0.3) is 0 Å². The van der Waals surface area contributed by atoms with Gasteiger partial charge in [0.2, 0.25) is 0 Å². The standard InChI is InChI=1S/C9H5Cl2N5OS2/c10-3-1-4(11)8(7-6(3)14-19-15-7)16-5(2-17)12-13-9(16)18/h1,17H,2H2,(H,13,18). The Kier molecular flexibility index (Phi) is 3.27. The second-order valence-corrected chi connectivity index (χ2v) is 5.32. The van der Waals surface area contributed by atoms with E-state index in [0.29, 0.717) is 37.7 Å². The van der Waals surface area contributed by atoms with Crippen LogP contribution in [0.2, 0.25) is 10.0 Å². The highest BCUT2D eigenvalue weighted by Crippen LogP contribution is 2.46. The lowest BCUT2D eigenvalue weighted by molar-refractivity contribution is 0.269. The van der Waals surface area contributed by atoms with Crippen LogP contribution in [-0.2, 0) is 18.0 Å². The molecule has 0 bridgehead atoms. The van der Waals surface area contributed by atoms with Gasteiger partial charge in [-0.3, -0.25) is 9.67 Å². The Hall–Kier alpha value is -1.06. The van der Waals surface area contributed by atoms with Gasteiger partial charge in [0, 0.05) is 0 Å². The van der Waals surface area contributed by atoms with E-state index in [1.165, 1.54) is 4.57 Å². The molecule has 0 radical (unpaired) electrons. The molecule has 1 aliphatic rings. The minimum Gasteiger partial charge on any atom is -0.388 e. The number of aromatic nitrogens is 3. The lowest BCUT2D eigenvalue weighted by Gasteiger charge is -2.11. The minimum atomic E-state index is -0.287. The molecule has 6 nitrogen and oxygen atoms in total. The maximum absolute atomic E-state index is 9.31. The minimum absolute atomic E-state index is 0.287. The first kappa shape index (κ1) is 12.9. The van der Waals surface area contributed by atoms with Crippen molar-refractivity contribution in [2.24, 2.45) is 8.73 Å². The molecule has 2 heterocycles. The van der Waals surface area contributed by atoms with Gasteiger partial charge in [-0.1, -0.05) is 23.2 Å². The Bertz CT molecular complexity index is 806. The van der Waals surface area contributed by atoms with Crippen LogP contribution in [0.5, 0.6) is 0 Å². The second kappa shape index (κ2) is 4.80. The third kappa shape index (κ3) is 1.96. The molecule has 1 aromatic heterocycles. The van der Waals surface area contributed by atoms with Crippen LogP contribution in [0.15, 0.2) is 14.8 Å². The predicted molar refractivity (Wildman–Crippen MR) is 76.2 cm³/mol. The number of hydrogen-bond donors (Lipinski definition) is 2. The van der Waals surface area contributed by atoms with Crippen LogP contribution in [0.3, 0.4) is 0 Å². The van der Waals surface area contributed by atoms with E-state index in [0.717, 1.165) is 11.4 Å². The Balaban J connectivity index is 2.39. The molecule has 0 atom stereocenters. The summed E-state index contributed by atoms with van der Waals surface area (Å²) in [5.74, 6) is 0.337. The lowest BCUT2D eigenvalue weighted by atomic mass is 10.2. The van der Waals surface area contributed by atoms with E-state index in [1.807, 2.05) is 0 Å². The molecular formula is C9H5Cl2N5OS2. The van der Waals surface area contributed by atoms with Crippen LogP contribution in [0.25, 0.3) is 5.69 Å². The molecule has 3 rings (SSSR count). The highest BCUT2D eigenvalue weighted by Gasteiger charge is 2.22. The topological polar surface area (TPSA) is 78.6 Å². The Labute approximate surface area is 125 Å². The molecule has 1 aromatic carbocycles. The van der Waals surface area contributed by atoms with Gasteiger partial charge in [0.05, 0.1) is 27.1 Å². The van der Waals surface area contributed by atoms with Crippen molar-refractivity contribution in [3.63, 3.8) is 0 Å². The second-order valence-electron chi connectivity index (χ2n) is 3.59. The van der Waals surface area contributed by atoms with E-state index in [-0.39, 0.29) is 6.61 Å². The summed E-state index contributed by atoms with van der Waals surface area (Å²) in [6.07, 6.45) is 0. The molecule has 2 N–H and O–H groups in total. The van der Waals surface area contributed by atoms with Crippen molar-refractivity contribution in [3.05, 3.63) is 26.7 Å². The van der Waals surface area contributed by atoms with Crippen molar-refractivity contribution in [1.29, 1.82) is 0 Å². The summed E-state index contributed by atoms with van der Waals surface area (Å²) in [7, 11) is 0. The van der Waals surface area contributed by atoms with E-state index < -0.39 is 0 Å². The van der Waals surface area contributed by atoms with Crippen LogP contribution in [0, 0.1) is 4.77 Å². The monoisotopic (exact) mass is 333 g/mol. The van der Waals surface area contributed by atoms with Gasteiger partial charge >= 0.3 is 0 Å². The number of aliphatic hydroxyl groups excluding tert-OH is 1. The lowest BCUT2D eigenvalue weighted by Crippen LogP contribution is -2.02. The maximum atomic E-state index is 9.31. The number of halogens is 2. The average molecular weight is 334 g/mol. The first-order chi connectivity index (χ1) is 9.13. The summed E-state index contributed by atoms with van der Waals surface area (Å²) in [5.41, 5.74) is 1.57. The fourth-order valence-electron chi connectivity index (χ4n) is 1.74. The van der Waals surface area contributed by atoms with E-state index in [2.05, 4.69) is 18.9 Å². The molecule has 0 spiro atoms. The predicted octanol–water partition coefficient (Wildman–Crippen LogP) is 3.46. The molecule has 0 amide bonds. The highest BCUT2D eigenvalue weighted by atomic mass is 35.5. The number of H-pyrrole nitrogens is 1. The van der Waals surface area contributed by atoms with Gasteiger partial charge in [-0.25, -0.2) is 0 Å². The third-order valence-corrected chi connectivity index (χ3v) is 3.90. The van der Waals surface area contributed by atoms with Crippen LogP contribution >= 0.6 is 35.4 Å². The molecule has 98 valence electrons. The zero-order chi connectivity index (χ0) is 13.6. The van der Waals surface area contributed by atoms with Gasteiger partial charge in [-0.05, 0) is 18.3 Å². The van der Waals surface area contributed by atoms with Gasteiger partial charge in [0.1, 0.15) is 18.0 Å². The smallest absolute Gasteiger partial charge is 0.200 e. The van der Waals surface area contributed by atoms with Crippen LogP contribution in [0.1, 0.15) is 5.82 Å². The fraction of sp³-hybridized carbons (Fsp3) is 0.111. The number of aromatic amines is 1. The molecule has 0 aliphatic carbocycles. The Morgan fingerprint density at radius 2 is 2.05 bits per heavy atom. The molecule has 0 saturated carbocycles. The molecule has 10 heteroatoms. The SMILES string of the molecule is OCc1n[nH]c(=S)n1-c1c(Cl)cc(Cl)c2c1N=S=N2. The fourth-order valence-corrected chi connectivity index (χ4v) is 3.17. The Morgan fingerprint density at radius 3 is 2.79 bits per heavy atom. The van der Waals surface area contributed by atoms with E-state index in [1.54, 1.807) is 6.07 Å². The molecule has 1 aliphatic heterocycles. The molecule has 0 fully saturated rings. The molecule has 0 saturated heterocycles. The summed E-state index contributed by atoms with van der Waals surface area (Å²) in [5, 5.41) is 16.6. The maximum Gasteiger partial charge on any atom is 0.200 e. The summed E-state index contributed by atoms with van der Waals surface area (Å²) in [4.78, 5) is 0. The zero-order valence-corrected chi connectivity index (χ0v) is 12.2. The molecular weight excluding hydrogens is 329 g/mol. The normalized spacial score (nSPS) is 12.6. The van der Waals surface area contributed by atoms with Crippen molar-refractivity contribution in [1.82, 2.24) is 14.8 Å². The van der Waals surface area contributed by atoms with Crippen molar-refractivity contribution in [2.75, 3.05) is 0 Å².